The Kier molecular flexibility index (Phi) is 3.34. The summed E-state index contributed by atoms with van der Waals surface area (Å²) in [5.74, 6) is 1.88. The molecule has 120 valence electrons. The highest BCUT2D eigenvalue weighted by Crippen LogP contribution is 2.56. The number of amides is 1. The van der Waals surface area contributed by atoms with Crippen LogP contribution in [0.25, 0.3) is 11.3 Å². The molecular formula is C17H18N2O4. The summed E-state index contributed by atoms with van der Waals surface area (Å²) in [6, 6.07) is 9.43. The smallest absolute Gasteiger partial charge is 0.229 e. The Morgan fingerprint density at radius 2 is 2.26 bits per heavy atom. The maximum atomic E-state index is 12.3. The van der Waals surface area contributed by atoms with Crippen molar-refractivity contribution in [2.24, 2.45) is 11.3 Å². The summed E-state index contributed by atoms with van der Waals surface area (Å²) in [4.78, 5) is 12.3. The minimum atomic E-state index is -0.279. The Morgan fingerprint density at radius 1 is 1.43 bits per heavy atom. The van der Waals surface area contributed by atoms with Crippen LogP contribution >= 0.6 is 0 Å². The molecule has 2 aliphatic rings. The van der Waals surface area contributed by atoms with Gasteiger partial charge in [-0.1, -0.05) is 5.16 Å². The second kappa shape index (κ2) is 5.38. The lowest BCUT2D eigenvalue weighted by molar-refractivity contribution is -0.127. The predicted molar refractivity (Wildman–Crippen MR) is 81.7 cm³/mol. The normalized spacial score (nSPS) is 25.0. The van der Waals surface area contributed by atoms with Gasteiger partial charge in [0.25, 0.3) is 0 Å². The maximum absolute atomic E-state index is 12.3. The van der Waals surface area contributed by atoms with E-state index in [0.29, 0.717) is 31.4 Å². The summed E-state index contributed by atoms with van der Waals surface area (Å²) in [5.41, 5.74) is 1.40. The predicted octanol–water partition coefficient (Wildman–Crippen LogP) is 2.00. The molecule has 6 heteroatoms. The topological polar surface area (TPSA) is 73.6 Å². The van der Waals surface area contributed by atoms with Crippen molar-refractivity contribution >= 4 is 5.91 Å². The van der Waals surface area contributed by atoms with E-state index in [0.717, 1.165) is 23.4 Å². The highest BCUT2D eigenvalue weighted by molar-refractivity contribution is 5.86. The Balaban J connectivity index is 1.39. The number of nitrogens with one attached hydrogen (secondary N) is 1. The van der Waals surface area contributed by atoms with E-state index in [9.17, 15) is 4.79 Å². The minimum Gasteiger partial charge on any atom is -0.497 e. The molecule has 2 heterocycles. The van der Waals surface area contributed by atoms with Crippen LogP contribution in [0.5, 0.6) is 5.75 Å². The number of carbonyl (C=O) groups is 1. The van der Waals surface area contributed by atoms with E-state index < -0.39 is 0 Å². The fraction of sp³-hybridized carbons (Fsp3) is 0.412. The van der Waals surface area contributed by atoms with Gasteiger partial charge in [0, 0.05) is 17.5 Å². The molecule has 1 saturated heterocycles. The number of methoxy groups -OCH3 is 1. The summed E-state index contributed by atoms with van der Waals surface area (Å²) in [6.07, 6.45) is 0.937. The Bertz CT molecular complexity index is 724. The molecule has 2 atom stereocenters. The number of rotatable bonds is 5. The minimum absolute atomic E-state index is 0.0578. The van der Waals surface area contributed by atoms with Gasteiger partial charge in [-0.2, -0.15) is 0 Å². The zero-order valence-corrected chi connectivity index (χ0v) is 12.9. The highest BCUT2D eigenvalue weighted by atomic mass is 16.5. The Labute approximate surface area is 133 Å². The Hall–Kier alpha value is -2.34. The third kappa shape index (κ3) is 2.49. The number of carbonyl (C=O) groups excluding carboxylic acids is 1. The fourth-order valence-corrected chi connectivity index (χ4v) is 3.14. The molecule has 0 spiro atoms. The van der Waals surface area contributed by atoms with E-state index in [1.54, 1.807) is 7.11 Å². The van der Waals surface area contributed by atoms with Crippen LogP contribution in [-0.4, -0.2) is 31.4 Å². The average Bonchev–Trinajstić information content (AvgIpc) is 2.96. The number of nitrogens with zero attached hydrogens (tertiary/aromatic N) is 1. The van der Waals surface area contributed by atoms with Gasteiger partial charge in [-0.05, 0) is 30.7 Å². The Morgan fingerprint density at radius 3 is 2.91 bits per heavy atom. The molecule has 0 radical (unpaired) electrons. The molecule has 0 bridgehead atoms. The number of hydrogen-bond donors (Lipinski definition) is 1. The zero-order chi connectivity index (χ0) is 15.9. The molecule has 1 aromatic heterocycles. The summed E-state index contributed by atoms with van der Waals surface area (Å²) >= 11 is 0. The lowest BCUT2D eigenvalue weighted by Gasteiger charge is -2.10. The van der Waals surface area contributed by atoms with Crippen molar-refractivity contribution in [3.63, 3.8) is 0 Å². The molecule has 23 heavy (non-hydrogen) atoms. The van der Waals surface area contributed by atoms with Gasteiger partial charge in [-0.3, -0.25) is 4.79 Å². The van der Waals surface area contributed by atoms with E-state index in [4.69, 9.17) is 14.0 Å². The van der Waals surface area contributed by atoms with Crippen LogP contribution in [0.1, 0.15) is 12.2 Å². The van der Waals surface area contributed by atoms with Gasteiger partial charge in [0.05, 0.1) is 32.3 Å². The second-order valence-electron chi connectivity index (χ2n) is 6.16. The van der Waals surface area contributed by atoms with Gasteiger partial charge in [0.15, 0.2) is 5.76 Å². The van der Waals surface area contributed by atoms with Crippen molar-refractivity contribution in [1.82, 2.24) is 10.5 Å². The zero-order valence-electron chi connectivity index (χ0n) is 12.9. The van der Waals surface area contributed by atoms with Crippen LogP contribution < -0.4 is 10.1 Å². The lowest BCUT2D eigenvalue weighted by Crippen LogP contribution is -2.33. The van der Waals surface area contributed by atoms with Gasteiger partial charge in [0.1, 0.15) is 11.4 Å². The summed E-state index contributed by atoms with van der Waals surface area (Å²) < 4.78 is 15.8. The average molecular weight is 314 g/mol. The molecule has 1 aliphatic carbocycles. The second-order valence-corrected chi connectivity index (χ2v) is 6.16. The highest BCUT2D eigenvalue weighted by Gasteiger charge is 2.63. The first-order valence-corrected chi connectivity index (χ1v) is 7.67. The van der Waals surface area contributed by atoms with Gasteiger partial charge in [-0.25, -0.2) is 0 Å². The quantitative estimate of drug-likeness (QED) is 0.914. The summed E-state index contributed by atoms with van der Waals surface area (Å²) in [7, 11) is 1.63. The van der Waals surface area contributed by atoms with Gasteiger partial charge >= 0.3 is 0 Å². The van der Waals surface area contributed by atoms with E-state index in [1.165, 1.54) is 0 Å². The van der Waals surface area contributed by atoms with Crippen molar-refractivity contribution in [2.75, 3.05) is 20.3 Å². The number of ether oxygens (including phenoxy) is 2. The molecular weight excluding hydrogens is 296 g/mol. The monoisotopic (exact) mass is 314 g/mol. The van der Waals surface area contributed by atoms with E-state index >= 15 is 0 Å². The first-order valence-electron chi connectivity index (χ1n) is 7.67. The van der Waals surface area contributed by atoms with Crippen LogP contribution in [0.3, 0.4) is 0 Å². The molecule has 2 aromatic rings. The third-order valence-electron chi connectivity index (χ3n) is 4.73. The molecule has 6 nitrogen and oxygen atoms in total. The van der Waals surface area contributed by atoms with Crippen molar-refractivity contribution in [1.29, 1.82) is 0 Å². The summed E-state index contributed by atoms with van der Waals surface area (Å²) in [5, 5.41) is 6.99. The molecule has 4 rings (SSSR count). The van der Waals surface area contributed by atoms with Crippen LogP contribution in [0.4, 0.5) is 0 Å². The SMILES string of the molecule is COc1ccc(-c2cc(CNC(=O)[C@@]34COC[C@@H]3C4)on2)cc1. The number of fused-ring (bicyclic) bond motifs is 1. The van der Waals surface area contributed by atoms with E-state index in [1.807, 2.05) is 30.3 Å². The molecule has 1 saturated carbocycles. The third-order valence-corrected chi connectivity index (χ3v) is 4.73. The maximum Gasteiger partial charge on any atom is 0.229 e. The van der Waals surface area contributed by atoms with Crippen LogP contribution in [0.15, 0.2) is 34.9 Å². The molecule has 2 fully saturated rings. The van der Waals surface area contributed by atoms with Gasteiger partial charge < -0.3 is 19.3 Å². The van der Waals surface area contributed by atoms with Crippen molar-refractivity contribution in [2.45, 2.75) is 13.0 Å². The van der Waals surface area contributed by atoms with Gasteiger partial charge in [-0.15, -0.1) is 0 Å². The number of benzene rings is 1. The molecule has 1 amide bonds. The first kappa shape index (κ1) is 14.3. The standard InChI is InChI=1S/C17H18N2O4/c1-21-13-4-2-11(3-5-13)15-6-14(23-19-15)8-18-16(20)17-7-12(17)9-22-10-17/h2-6,12H,7-10H2,1H3,(H,18,20)/t12-,17-/m0/s1. The van der Waals surface area contributed by atoms with Crippen molar-refractivity contribution in [3.8, 4) is 17.0 Å². The van der Waals surface area contributed by atoms with E-state index in [-0.39, 0.29) is 11.3 Å². The van der Waals surface area contributed by atoms with Crippen LogP contribution in [0, 0.1) is 11.3 Å². The van der Waals surface area contributed by atoms with Crippen LogP contribution in [-0.2, 0) is 16.1 Å². The molecule has 1 aromatic carbocycles. The summed E-state index contributed by atoms with van der Waals surface area (Å²) in [6.45, 7) is 1.59. The lowest BCUT2D eigenvalue weighted by atomic mass is 10.1. The number of hydrogen-bond acceptors (Lipinski definition) is 5. The molecule has 1 N–H and O–H groups in total. The number of aromatic nitrogens is 1. The largest absolute Gasteiger partial charge is 0.497 e. The fourth-order valence-electron chi connectivity index (χ4n) is 3.14. The molecule has 1 aliphatic heterocycles. The van der Waals surface area contributed by atoms with Crippen molar-refractivity contribution in [3.05, 3.63) is 36.1 Å². The first-order chi connectivity index (χ1) is 11.2. The molecule has 0 unspecified atom stereocenters. The van der Waals surface area contributed by atoms with Gasteiger partial charge in [0.2, 0.25) is 5.91 Å². The van der Waals surface area contributed by atoms with Crippen molar-refractivity contribution < 1.29 is 18.8 Å². The van der Waals surface area contributed by atoms with E-state index in [2.05, 4.69) is 10.5 Å². The van der Waals surface area contributed by atoms with Crippen LogP contribution in [0.2, 0.25) is 0 Å².